The van der Waals surface area contributed by atoms with Crippen LogP contribution < -0.4 is 5.32 Å². The average Bonchev–Trinajstić information content (AvgIpc) is 2.92. The lowest BCUT2D eigenvalue weighted by Crippen LogP contribution is -2.59. The number of carbonyl (C=O) groups is 2. The monoisotopic (exact) mass is 331 g/mol. The Morgan fingerprint density at radius 2 is 1.96 bits per heavy atom. The fraction of sp³-hybridized carbons (Fsp3) is 0.800. The van der Waals surface area contributed by atoms with Gasteiger partial charge in [0, 0.05) is 11.5 Å². The molecule has 0 bridgehead atoms. The van der Waals surface area contributed by atoms with Crippen molar-refractivity contribution in [3.8, 4) is 0 Å². The van der Waals surface area contributed by atoms with Gasteiger partial charge in [0.15, 0.2) is 0 Å². The van der Waals surface area contributed by atoms with Gasteiger partial charge in [0.2, 0.25) is 5.91 Å². The third-order valence-electron chi connectivity index (χ3n) is 8.17. The van der Waals surface area contributed by atoms with Gasteiger partial charge in [0.05, 0.1) is 13.0 Å². The molecule has 7 atom stereocenters. The van der Waals surface area contributed by atoms with Crippen molar-refractivity contribution in [3.63, 3.8) is 0 Å². The number of ether oxygens (including phenoxy) is 1. The Morgan fingerprint density at radius 3 is 2.71 bits per heavy atom. The quantitative estimate of drug-likeness (QED) is 0.751. The number of carbonyl (C=O) groups excluding carboxylic acids is 2. The summed E-state index contributed by atoms with van der Waals surface area (Å²) in [5, 5.41) is 3.20. The molecular weight excluding hydrogens is 302 g/mol. The smallest absolute Gasteiger partial charge is 0.309 e. The highest BCUT2D eigenvalue weighted by Crippen LogP contribution is 2.65. The zero-order chi connectivity index (χ0) is 17.1. The van der Waals surface area contributed by atoms with Crippen LogP contribution in [0.2, 0.25) is 0 Å². The maximum absolute atomic E-state index is 12.3. The van der Waals surface area contributed by atoms with Crippen molar-refractivity contribution in [2.75, 3.05) is 7.11 Å². The molecule has 24 heavy (non-hydrogen) atoms. The van der Waals surface area contributed by atoms with Crippen LogP contribution in [-0.4, -0.2) is 25.0 Å². The van der Waals surface area contributed by atoms with Gasteiger partial charge < -0.3 is 10.1 Å². The molecule has 0 saturated heterocycles. The number of hydrogen-bond acceptors (Lipinski definition) is 3. The Balaban J connectivity index is 1.64. The highest BCUT2D eigenvalue weighted by atomic mass is 16.5. The topological polar surface area (TPSA) is 55.4 Å². The molecule has 0 aromatic carbocycles. The van der Waals surface area contributed by atoms with Crippen molar-refractivity contribution in [1.29, 1.82) is 0 Å². The number of fused-ring (bicyclic) bond motifs is 5. The molecule has 0 aromatic heterocycles. The lowest BCUT2D eigenvalue weighted by atomic mass is 9.48. The minimum atomic E-state index is -0.0110. The van der Waals surface area contributed by atoms with Gasteiger partial charge >= 0.3 is 5.97 Å². The van der Waals surface area contributed by atoms with Crippen molar-refractivity contribution < 1.29 is 14.3 Å². The number of nitrogens with one attached hydrogen (secondary N) is 1. The second-order valence-corrected chi connectivity index (χ2v) is 8.91. The Kier molecular flexibility index (Phi) is 3.59. The molecular formula is C20H29NO3. The molecule has 3 saturated carbocycles. The van der Waals surface area contributed by atoms with Crippen LogP contribution in [0, 0.1) is 34.5 Å². The zero-order valence-electron chi connectivity index (χ0n) is 15.0. The number of methoxy groups -OCH3 is 1. The van der Waals surface area contributed by atoms with Gasteiger partial charge in [-0.3, -0.25) is 9.59 Å². The highest BCUT2D eigenvalue weighted by Gasteiger charge is 2.61. The fourth-order valence-electron chi connectivity index (χ4n) is 6.86. The van der Waals surface area contributed by atoms with Crippen molar-refractivity contribution >= 4 is 11.9 Å². The molecule has 4 heteroatoms. The van der Waals surface area contributed by atoms with Crippen LogP contribution in [0.15, 0.2) is 12.2 Å². The first-order chi connectivity index (χ1) is 11.4. The van der Waals surface area contributed by atoms with E-state index in [1.54, 1.807) is 6.08 Å². The Bertz CT molecular complexity index is 600. The minimum absolute atomic E-state index is 0.0110. The molecule has 4 nitrogen and oxygen atoms in total. The summed E-state index contributed by atoms with van der Waals surface area (Å²) in [5.41, 5.74) is 0.167. The second-order valence-electron chi connectivity index (χ2n) is 8.91. The summed E-state index contributed by atoms with van der Waals surface area (Å²) in [7, 11) is 1.52. The summed E-state index contributed by atoms with van der Waals surface area (Å²) < 4.78 is 5.10. The largest absolute Gasteiger partial charge is 0.469 e. The number of esters is 1. The van der Waals surface area contributed by atoms with E-state index in [4.69, 9.17) is 4.74 Å². The van der Waals surface area contributed by atoms with Gasteiger partial charge in [0.1, 0.15) is 0 Å². The third-order valence-corrected chi connectivity index (χ3v) is 8.17. The summed E-state index contributed by atoms with van der Waals surface area (Å²) in [5.74, 6) is 2.01. The van der Waals surface area contributed by atoms with Crippen LogP contribution in [0.3, 0.4) is 0 Å². The molecule has 1 aliphatic heterocycles. The molecule has 0 spiro atoms. The first kappa shape index (κ1) is 16.2. The molecule has 1 heterocycles. The average molecular weight is 331 g/mol. The van der Waals surface area contributed by atoms with Crippen molar-refractivity contribution in [2.45, 2.75) is 58.4 Å². The van der Waals surface area contributed by atoms with Crippen LogP contribution in [-0.2, 0) is 14.3 Å². The van der Waals surface area contributed by atoms with Gasteiger partial charge in [-0.25, -0.2) is 0 Å². The summed E-state index contributed by atoms with van der Waals surface area (Å²) in [6.07, 6.45) is 10.5. The van der Waals surface area contributed by atoms with Crippen molar-refractivity contribution in [2.24, 2.45) is 34.5 Å². The van der Waals surface area contributed by atoms with E-state index >= 15 is 0 Å². The van der Waals surface area contributed by atoms with E-state index in [0.717, 1.165) is 32.1 Å². The van der Waals surface area contributed by atoms with Crippen LogP contribution in [0.25, 0.3) is 0 Å². The summed E-state index contributed by atoms with van der Waals surface area (Å²) in [4.78, 5) is 24.0. The normalized spacial score (nSPS) is 49.6. The molecule has 0 radical (unpaired) electrons. The fourth-order valence-corrected chi connectivity index (χ4v) is 6.86. The van der Waals surface area contributed by atoms with Gasteiger partial charge in [-0.05, 0) is 67.8 Å². The maximum atomic E-state index is 12.3. The van der Waals surface area contributed by atoms with Gasteiger partial charge in [0.25, 0.3) is 0 Å². The van der Waals surface area contributed by atoms with Gasteiger partial charge in [-0.15, -0.1) is 0 Å². The Hall–Kier alpha value is -1.32. The number of rotatable bonds is 1. The van der Waals surface area contributed by atoms with E-state index in [0.29, 0.717) is 17.8 Å². The Labute approximate surface area is 144 Å². The molecule has 3 fully saturated rings. The predicted octanol–water partition coefficient (Wildman–Crippen LogP) is 3.07. The van der Waals surface area contributed by atoms with Gasteiger partial charge in [-0.1, -0.05) is 19.9 Å². The van der Waals surface area contributed by atoms with Crippen LogP contribution >= 0.6 is 0 Å². The molecule has 1 amide bonds. The molecule has 4 rings (SSSR count). The molecule has 132 valence electrons. The second kappa shape index (κ2) is 5.34. The van der Waals surface area contributed by atoms with E-state index in [2.05, 4.69) is 25.2 Å². The first-order valence-electron chi connectivity index (χ1n) is 9.47. The standard InChI is InChI=1S/C20H29NO3/c1-19-10-8-14-12(13(19)5-6-15(19)18(23)24-3)4-7-16-20(14,2)11-9-17(22)21-16/h9,11-16H,4-8,10H2,1-3H3,(H,21,22)/t12?,13?,14?,15-,16?,19+,20-/m1/s1. The lowest BCUT2D eigenvalue weighted by molar-refractivity contribution is -0.153. The van der Waals surface area contributed by atoms with E-state index in [1.165, 1.54) is 13.5 Å². The van der Waals surface area contributed by atoms with Crippen LogP contribution in [0.5, 0.6) is 0 Å². The first-order valence-corrected chi connectivity index (χ1v) is 9.47. The molecule has 4 aliphatic rings. The summed E-state index contributed by atoms with van der Waals surface area (Å²) >= 11 is 0. The summed E-state index contributed by atoms with van der Waals surface area (Å²) in [6.45, 7) is 4.66. The number of amides is 1. The molecule has 3 aliphatic carbocycles. The minimum Gasteiger partial charge on any atom is -0.469 e. The lowest BCUT2D eigenvalue weighted by Gasteiger charge is -2.58. The highest BCUT2D eigenvalue weighted by molar-refractivity contribution is 5.89. The number of hydrogen-bond donors (Lipinski definition) is 1. The zero-order valence-corrected chi connectivity index (χ0v) is 15.0. The van der Waals surface area contributed by atoms with Crippen molar-refractivity contribution in [1.82, 2.24) is 5.32 Å². The van der Waals surface area contributed by atoms with E-state index in [1.807, 2.05) is 0 Å². The molecule has 1 N–H and O–H groups in total. The maximum Gasteiger partial charge on any atom is 0.309 e. The van der Waals surface area contributed by atoms with Crippen LogP contribution in [0.4, 0.5) is 0 Å². The molecule has 4 unspecified atom stereocenters. The van der Waals surface area contributed by atoms with Crippen molar-refractivity contribution in [3.05, 3.63) is 12.2 Å². The van der Waals surface area contributed by atoms with E-state index in [9.17, 15) is 9.59 Å². The van der Waals surface area contributed by atoms with Gasteiger partial charge in [-0.2, -0.15) is 0 Å². The SMILES string of the molecule is COC(=O)[C@H]1CCC2C3CCC4NC(=O)C=C[C@]4(C)C3CC[C@@]21C. The predicted molar refractivity (Wildman–Crippen MR) is 91.0 cm³/mol. The Morgan fingerprint density at radius 1 is 1.17 bits per heavy atom. The summed E-state index contributed by atoms with van der Waals surface area (Å²) in [6, 6.07) is 0.276. The molecule has 0 aromatic rings. The third kappa shape index (κ3) is 2.04. The van der Waals surface area contributed by atoms with E-state index in [-0.39, 0.29) is 34.7 Å². The van der Waals surface area contributed by atoms with Crippen LogP contribution in [0.1, 0.15) is 52.4 Å². The van der Waals surface area contributed by atoms with E-state index < -0.39 is 0 Å².